The average Bonchev–Trinajstić information content (AvgIpc) is 2.95. The van der Waals surface area contributed by atoms with Crippen molar-refractivity contribution in [2.45, 2.75) is 75.7 Å². The van der Waals surface area contributed by atoms with Crippen molar-refractivity contribution in [1.29, 1.82) is 0 Å². The minimum Gasteiger partial charge on any atom is -0.419 e. The van der Waals surface area contributed by atoms with E-state index in [0.717, 1.165) is 50.7 Å². The lowest BCUT2D eigenvalue weighted by atomic mass is 9.89. The highest BCUT2D eigenvalue weighted by atomic mass is 32.2. The highest BCUT2D eigenvalue weighted by Gasteiger charge is 2.29. The molecule has 41 heavy (non-hydrogen) atoms. The molecule has 0 heterocycles. The molecule has 2 aromatic rings. The summed E-state index contributed by atoms with van der Waals surface area (Å²) in [6.45, 7) is 0. The average molecular weight is 589 g/mol. The molecule has 4 rings (SSSR count). The Balaban J connectivity index is 1.46. The van der Waals surface area contributed by atoms with Crippen molar-refractivity contribution in [3.8, 4) is 11.5 Å². The summed E-state index contributed by atoms with van der Waals surface area (Å²) in [5.74, 6) is -3.40. The van der Waals surface area contributed by atoms with E-state index in [1.54, 1.807) is 0 Å². The fraction of sp³-hybridized carbons (Fsp3) is 0.500. The van der Waals surface area contributed by atoms with Crippen molar-refractivity contribution in [3.63, 3.8) is 0 Å². The van der Waals surface area contributed by atoms with Crippen molar-refractivity contribution in [2.24, 2.45) is 11.8 Å². The Labute approximate surface area is 237 Å². The van der Waals surface area contributed by atoms with Crippen LogP contribution in [0.4, 0.5) is 11.4 Å². The molecule has 2 fully saturated rings. The lowest BCUT2D eigenvalue weighted by molar-refractivity contribution is -0.385. The van der Waals surface area contributed by atoms with Crippen LogP contribution in [0.1, 0.15) is 75.3 Å². The smallest absolute Gasteiger partial charge is 0.314 e. The number of nitro groups is 2. The van der Waals surface area contributed by atoms with Gasteiger partial charge in [0.1, 0.15) is 0 Å². The number of carbonyl (C=O) groups is 2. The minimum atomic E-state index is -3.94. The third-order valence-corrected chi connectivity index (χ3v) is 9.06. The van der Waals surface area contributed by atoms with Crippen LogP contribution >= 0.6 is 0 Å². The van der Waals surface area contributed by atoms with Crippen LogP contribution in [0, 0.1) is 32.1 Å². The van der Waals surface area contributed by atoms with Gasteiger partial charge < -0.3 is 9.47 Å². The molecule has 2 aliphatic rings. The Morgan fingerprint density at radius 2 is 1.05 bits per heavy atom. The molecule has 13 heteroatoms. The zero-order chi connectivity index (χ0) is 29.6. The Morgan fingerprint density at radius 1 is 0.683 bits per heavy atom. The van der Waals surface area contributed by atoms with E-state index in [9.17, 15) is 38.2 Å². The number of esters is 2. The molecular weight excluding hydrogens is 556 g/mol. The van der Waals surface area contributed by atoms with E-state index in [1.807, 2.05) is 0 Å². The first-order chi connectivity index (χ1) is 19.5. The SMILES string of the molecule is O=C(Oc1ccc(CS(=O)(=O)Cc2ccc(OC(=O)C3CCCCC3)c([N+](=O)[O-])c2)cc1[N+](=O)[O-])C1CCCCC1. The summed E-state index contributed by atoms with van der Waals surface area (Å²) in [4.78, 5) is 46.8. The third-order valence-electron chi connectivity index (χ3n) is 7.51. The summed E-state index contributed by atoms with van der Waals surface area (Å²) >= 11 is 0. The number of hydrogen-bond donors (Lipinski definition) is 0. The van der Waals surface area contributed by atoms with E-state index in [1.165, 1.54) is 24.3 Å². The highest BCUT2D eigenvalue weighted by molar-refractivity contribution is 7.89. The summed E-state index contributed by atoms with van der Waals surface area (Å²) < 4.78 is 36.5. The molecule has 0 bridgehead atoms. The van der Waals surface area contributed by atoms with Gasteiger partial charge in [-0.2, -0.15) is 0 Å². The van der Waals surface area contributed by atoms with Gasteiger partial charge in [-0.15, -0.1) is 0 Å². The lowest BCUT2D eigenvalue weighted by Gasteiger charge is -2.19. The van der Waals surface area contributed by atoms with Crippen LogP contribution in [0.25, 0.3) is 0 Å². The minimum absolute atomic E-state index is 0.0988. The van der Waals surface area contributed by atoms with Gasteiger partial charge in [0, 0.05) is 12.1 Å². The predicted molar refractivity (Wildman–Crippen MR) is 147 cm³/mol. The van der Waals surface area contributed by atoms with E-state index in [2.05, 4.69) is 0 Å². The van der Waals surface area contributed by atoms with Crippen molar-refractivity contribution in [3.05, 3.63) is 67.8 Å². The van der Waals surface area contributed by atoms with E-state index >= 15 is 0 Å². The maximum absolute atomic E-state index is 13.0. The molecule has 220 valence electrons. The zero-order valence-electron chi connectivity index (χ0n) is 22.5. The van der Waals surface area contributed by atoms with Gasteiger partial charge in [0.15, 0.2) is 9.84 Å². The number of hydrogen-bond acceptors (Lipinski definition) is 10. The Hall–Kier alpha value is -3.87. The molecule has 0 amide bonds. The maximum atomic E-state index is 13.0. The van der Waals surface area contributed by atoms with Gasteiger partial charge in [0.2, 0.25) is 11.5 Å². The summed E-state index contributed by atoms with van der Waals surface area (Å²) in [7, 11) is -3.94. The van der Waals surface area contributed by atoms with Crippen LogP contribution in [0.15, 0.2) is 36.4 Å². The summed E-state index contributed by atoms with van der Waals surface area (Å²) in [6, 6.07) is 7.21. The van der Waals surface area contributed by atoms with Crippen LogP contribution in [0.3, 0.4) is 0 Å². The first-order valence-corrected chi connectivity index (χ1v) is 15.5. The number of sulfone groups is 1. The number of nitrogens with zero attached hydrogens (tertiary/aromatic N) is 2. The van der Waals surface area contributed by atoms with Gasteiger partial charge in [0.25, 0.3) is 0 Å². The molecule has 0 aliphatic heterocycles. The quantitative estimate of drug-likeness (QED) is 0.147. The molecule has 0 atom stereocenters. The monoisotopic (exact) mass is 588 g/mol. The molecule has 0 saturated heterocycles. The molecule has 0 radical (unpaired) electrons. The summed E-state index contributed by atoms with van der Waals surface area (Å²) in [5, 5.41) is 23.3. The van der Waals surface area contributed by atoms with Gasteiger partial charge >= 0.3 is 23.3 Å². The standard InChI is InChI=1S/C28H32N2O10S/c31-27(21-7-3-1-4-8-21)39-25-13-11-19(15-23(25)29(33)34)17-41(37,38)18-20-12-14-26(24(16-20)30(35)36)40-28(32)22-9-5-2-6-10-22/h11-16,21-22H,1-10,17-18H2. The number of benzene rings is 2. The molecule has 2 saturated carbocycles. The molecule has 0 unspecified atom stereocenters. The number of rotatable bonds is 10. The molecule has 0 N–H and O–H groups in total. The van der Waals surface area contributed by atoms with Gasteiger partial charge in [-0.1, -0.05) is 50.7 Å². The second kappa shape index (κ2) is 13.2. The van der Waals surface area contributed by atoms with Crippen molar-refractivity contribution >= 4 is 33.2 Å². The van der Waals surface area contributed by atoms with Crippen LogP contribution < -0.4 is 9.47 Å². The maximum Gasteiger partial charge on any atom is 0.314 e. The van der Waals surface area contributed by atoms with E-state index in [4.69, 9.17) is 9.47 Å². The number of nitro benzene ring substituents is 2. The first kappa shape index (κ1) is 30.1. The first-order valence-electron chi connectivity index (χ1n) is 13.7. The summed E-state index contributed by atoms with van der Waals surface area (Å²) in [6.07, 6.45) is 8.22. The van der Waals surface area contributed by atoms with Crippen molar-refractivity contribution in [2.75, 3.05) is 0 Å². The largest absolute Gasteiger partial charge is 0.419 e. The Kier molecular flexibility index (Phi) is 9.69. The fourth-order valence-corrected chi connectivity index (χ4v) is 6.86. The normalized spacial score (nSPS) is 16.6. The van der Waals surface area contributed by atoms with E-state index < -0.39 is 54.5 Å². The topological polar surface area (TPSA) is 173 Å². The molecule has 2 aromatic carbocycles. The highest BCUT2D eigenvalue weighted by Crippen LogP contribution is 2.34. The molecule has 0 spiro atoms. The van der Waals surface area contributed by atoms with Crippen LogP contribution in [-0.4, -0.2) is 30.2 Å². The second-order valence-corrected chi connectivity index (χ2v) is 12.7. The van der Waals surface area contributed by atoms with E-state index in [-0.39, 0.29) is 34.5 Å². The number of carbonyl (C=O) groups excluding carboxylic acids is 2. The van der Waals surface area contributed by atoms with Crippen LogP contribution in [0.5, 0.6) is 11.5 Å². The Morgan fingerprint density at radius 3 is 1.39 bits per heavy atom. The van der Waals surface area contributed by atoms with E-state index in [0.29, 0.717) is 25.7 Å². The van der Waals surface area contributed by atoms with Gasteiger partial charge in [-0.25, -0.2) is 8.42 Å². The fourth-order valence-electron chi connectivity index (χ4n) is 5.38. The van der Waals surface area contributed by atoms with Gasteiger partial charge in [0.05, 0.1) is 33.2 Å². The van der Waals surface area contributed by atoms with Crippen LogP contribution in [-0.2, 0) is 30.9 Å². The molecule has 12 nitrogen and oxygen atoms in total. The second-order valence-electron chi connectivity index (χ2n) is 10.7. The Bertz CT molecular complexity index is 1330. The summed E-state index contributed by atoms with van der Waals surface area (Å²) in [5.41, 5.74) is -0.855. The third kappa shape index (κ3) is 8.09. The zero-order valence-corrected chi connectivity index (χ0v) is 23.3. The van der Waals surface area contributed by atoms with Gasteiger partial charge in [-0.05, 0) is 48.9 Å². The number of ether oxygens (including phenoxy) is 2. The van der Waals surface area contributed by atoms with Gasteiger partial charge in [-0.3, -0.25) is 29.8 Å². The predicted octanol–water partition coefficient (Wildman–Crippen LogP) is 5.59. The lowest BCUT2D eigenvalue weighted by Crippen LogP contribution is -2.23. The molecule has 0 aromatic heterocycles. The van der Waals surface area contributed by atoms with Crippen LogP contribution in [0.2, 0.25) is 0 Å². The van der Waals surface area contributed by atoms with Crippen molar-refractivity contribution < 1.29 is 37.3 Å². The molecular formula is C28H32N2O10S. The van der Waals surface area contributed by atoms with Crippen molar-refractivity contribution in [1.82, 2.24) is 0 Å². The molecule has 2 aliphatic carbocycles.